The number of benzene rings is 2. The minimum Gasteiger partial charge on any atom is -0.494 e. The van der Waals surface area contributed by atoms with Gasteiger partial charge in [-0.05, 0) is 61.9 Å². The first kappa shape index (κ1) is 23.0. The highest BCUT2D eigenvalue weighted by atomic mass is 32.2. The van der Waals surface area contributed by atoms with E-state index in [1.165, 1.54) is 16.8 Å². The van der Waals surface area contributed by atoms with Gasteiger partial charge in [-0.2, -0.15) is 0 Å². The summed E-state index contributed by atoms with van der Waals surface area (Å²) in [6.07, 6.45) is 1.03. The molecule has 2 aromatic rings. The Morgan fingerprint density at radius 1 is 1.00 bits per heavy atom. The van der Waals surface area contributed by atoms with Crippen LogP contribution < -0.4 is 14.4 Å². The van der Waals surface area contributed by atoms with Gasteiger partial charge in [0.25, 0.3) is 0 Å². The second kappa shape index (κ2) is 9.79. The van der Waals surface area contributed by atoms with Crippen LogP contribution in [0.1, 0.15) is 24.1 Å². The molecule has 0 radical (unpaired) electrons. The van der Waals surface area contributed by atoms with Gasteiger partial charge in [0.2, 0.25) is 10.0 Å². The monoisotopic (exact) mass is 458 g/mol. The van der Waals surface area contributed by atoms with Gasteiger partial charge in [0.1, 0.15) is 5.75 Å². The summed E-state index contributed by atoms with van der Waals surface area (Å²) in [6, 6.07) is 13.2. The number of nitrogens with zero attached hydrogens (tertiary/aromatic N) is 3. The maximum atomic E-state index is 13.0. The van der Waals surface area contributed by atoms with Gasteiger partial charge in [0.05, 0.1) is 11.5 Å². The molecular weight excluding hydrogens is 424 g/mol. The number of rotatable bonds is 8. The maximum absolute atomic E-state index is 13.0. The molecule has 1 unspecified atom stereocenters. The summed E-state index contributed by atoms with van der Waals surface area (Å²) in [5.74, 6) is 0.671. The Morgan fingerprint density at radius 3 is 2.41 bits per heavy atom. The molecule has 0 saturated carbocycles. The Hall–Kier alpha value is -2.13. The molecule has 0 spiro atoms. The predicted octanol–water partition coefficient (Wildman–Crippen LogP) is 2.34. The highest BCUT2D eigenvalue weighted by Crippen LogP contribution is 2.31. The average Bonchev–Trinajstić information content (AvgIpc) is 3.16. The smallest absolute Gasteiger partial charge is 0.240 e. The summed E-state index contributed by atoms with van der Waals surface area (Å²) in [6.45, 7) is 7.63. The summed E-state index contributed by atoms with van der Waals surface area (Å²) < 4.78 is 34.3. The first-order valence-electron chi connectivity index (χ1n) is 11.4. The molecule has 1 atom stereocenters. The van der Waals surface area contributed by atoms with E-state index in [0.29, 0.717) is 18.9 Å². The van der Waals surface area contributed by atoms with E-state index in [1.54, 1.807) is 24.3 Å². The average molecular weight is 459 g/mol. The van der Waals surface area contributed by atoms with Crippen LogP contribution in [-0.2, 0) is 16.4 Å². The molecule has 32 heavy (non-hydrogen) atoms. The Bertz CT molecular complexity index is 1020. The van der Waals surface area contributed by atoms with E-state index < -0.39 is 10.0 Å². The number of hydrogen-bond donors (Lipinski definition) is 1. The van der Waals surface area contributed by atoms with Crippen LogP contribution in [0.15, 0.2) is 47.4 Å². The van der Waals surface area contributed by atoms with E-state index in [2.05, 4.69) is 51.7 Å². The lowest BCUT2D eigenvalue weighted by molar-refractivity contribution is 0.113. The van der Waals surface area contributed by atoms with E-state index >= 15 is 0 Å². The summed E-state index contributed by atoms with van der Waals surface area (Å²) in [5.41, 5.74) is 3.80. The molecule has 7 nitrogen and oxygen atoms in total. The van der Waals surface area contributed by atoms with E-state index in [-0.39, 0.29) is 10.9 Å². The number of ether oxygens (including phenoxy) is 1. The van der Waals surface area contributed by atoms with Crippen LogP contribution in [0.2, 0.25) is 0 Å². The second-order valence-electron chi connectivity index (χ2n) is 8.67. The van der Waals surface area contributed by atoms with Crippen LogP contribution in [0.25, 0.3) is 0 Å². The second-order valence-corrected chi connectivity index (χ2v) is 10.4. The fourth-order valence-corrected chi connectivity index (χ4v) is 5.58. The zero-order valence-electron chi connectivity index (χ0n) is 19.3. The van der Waals surface area contributed by atoms with Gasteiger partial charge in [-0.1, -0.05) is 12.1 Å². The number of anilines is 1. The van der Waals surface area contributed by atoms with Crippen molar-refractivity contribution in [3.63, 3.8) is 0 Å². The fraction of sp³-hybridized carbons (Fsp3) is 0.500. The third kappa shape index (κ3) is 5.09. The van der Waals surface area contributed by atoms with Crippen molar-refractivity contribution in [3.05, 3.63) is 53.6 Å². The highest BCUT2D eigenvalue weighted by Gasteiger charge is 2.27. The van der Waals surface area contributed by atoms with Crippen molar-refractivity contribution in [1.29, 1.82) is 0 Å². The Balaban J connectivity index is 1.54. The normalized spacial score (nSPS) is 18.5. The topological polar surface area (TPSA) is 65.1 Å². The SMILES string of the molecule is CCOc1ccc(S(=O)(=O)NCC(c2ccc3c(c2)CCN3C)N2CCN(C)CC2)cc1. The minimum atomic E-state index is -3.62. The standard InChI is InChI=1S/C24H34N4O3S/c1-4-31-21-6-8-22(9-7-21)32(29,30)25-18-24(28-15-13-26(2)14-16-28)19-5-10-23-20(17-19)11-12-27(23)3/h5-10,17,24-25H,4,11-16,18H2,1-3H3. The molecule has 2 aliphatic heterocycles. The van der Waals surface area contributed by atoms with Crippen LogP contribution in [0.5, 0.6) is 5.75 Å². The van der Waals surface area contributed by atoms with Crippen LogP contribution in [0.4, 0.5) is 5.69 Å². The van der Waals surface area contributed by atoms with E-state index in [9.17, 15) is 8.42 Å². The summed E-state index contributed by atoms with van der Waals surface area (Å²) in [4.78, 5) is 7.25. The molecule has 2 aromatic carbocycles. The van der Waals surface area contributed by atoms with Crippen molar-refractivity contribution in [2.24, 2.45) is 0 Å². The lowest BCUT2D eigenvalue weighted by Crippen LogP contribution is -2.48. The lowest BCUT2D eigenvalue weighted by Gasteiger charge is -2.38. The van der Waals surface area contributed by atoms with Crippen molar-refractivity contribution < 1.29 is 13.2 Å². The first-order valence-corrected chi connectivity index (χ1v) is 12.8. The zero-order chi connectivity index (χ0) is 22.7. The van der Waals surface area contributed by atoms with Gasteiger partial charge in [-0.3, -0.25) is 4.90 Å². The summed E-state index contributed by atoms with van der Waals surface area (Å²) in [5, 5.41) is 0. The van der Waals surface area contributed by atoms with Gasteiger partial charge in [0.15, 0.2) is 0 Å². The predicted molar refractivity (Wildman–Crippen MR) is 128 cm³/mol. The van der Waals surface area contributed by atoms with Crippen molar-refractivity contribution in [2.75, 3.05) is 64.9 Å². The summed E-state index contributed by atoms with van der Waals surface area (Å²) in [7, 11) is 0.635. The highest BCUT2D eigenvalue weighted by molar-refractivity contribution is 7.89. The maximum Gasteiger partial charge on any atom is 0.240 e. The third-order valence-electron chi connectivity index (χ3n) is 6.51. The van der Waals surface area contributed by atoms with Gasteiger partial charge < -0.3 is 14.5 Å². The van der Waals surface area contributed by atoms with Gasteiger partial charge >= 0.3 is 0 Å². The largest absolute Gasteiger partial charge is 0.494 e. The quantitative estimate of drug-likeness (QED) is 0.655. The minimum absolute atomic E-state index is 0.00243. The molecule has 1 fully saturated rings. The molecule has 2 aliphatic rings. The molecule has 2 heterocycles. The van der Waals surface area contributed by atoms with Gasteiger partial charge in [0, 0.05) is 58.0 Å². The molecule has 8 heteroatoms. The number of hydrogen-bond acceptors (Lipinski definition) is 6. The Labute approximate surface area is 192 Å². The number of nitrogens with one attached hydrogen (secondary N) is 1. The zero-order valence-corrected chi connectivity index (χ0v) is 20.1. The number of fused-ring (bicyclic) bond motifs is 1. The molecule has 1 N–H and O–H groups in total. The van der Waals surface area contributed by atoms with Crippen LogP contribution in [0.3, 0.4) is 0 Å². The van der Waals surface area contributed by atoms with E-state index in [1.807, 2.05) is 6.92 Å². The molecule has 1 saturated heterocycles. The molecule has 0 bridgehead atoms. The molecule has 4 rings (SSSR count). The molecule has 0 aliphatic carbocycles. The lowest BCUT2D eigenvalue weighted by atomic mass is 10.0. The molecule has 174 valence electrons. The fourth-order valence-electron chi connectivity index (χ4n) is 4.54. The van der Waals surface area contributed by atoms with Crippen LogP contribution in [-0.4, -0.2) is 78.2 Å². The van der Waals surface area contributed by atoms with Gasteiger partial charge in [-0.15, -0.1) is 0 Å². The first-order chi connectivity index (χ1) is 15.4. The molecule has 0 aromatic heterocycles. The Morgan fingerprint density at radius 2 is 1.72 bits per heavy atom. The van der Waals surface area contributed by atoms with E-state index in [4.69, 9.17) is 4.74 Å². The van der Waals surface area contributed by atoms with Crippen molar-refractivity contribution >= 4 is 15.7 Å². The van der Waals surface area contributed by atoms with Crippen molar-refractivity contribution in [1.82, 2.24) is 14.5 Å². The number of likely N-dealkylation sites (N-methyl/N-ethyl adjacent to an activating group) is 2. The van der Waals surface area contributed by atoms with E-state index in [0.717, 1.165) is 39.1 Å². The molecule has 0 amide bonds. The molecular formula is C24H34N4O3S. The number of piperazine rings is 1. The van der Waals surface area contributed by atoms with Gasteiger partial charge in [-0.25, -0.2) is 13.1 Å². The Kier molecular flexibility index (Phi) is 7.05. The van der Waals surface area contributed by atoms with Crippen LogP contribution >= 0.6 is 0 Å². The number of sulfonamides is 1. The van der Waals surface area contributed by atoms with Crippen molar-refractivity contribution in [2.45, 2.75) is 24.3 Å². The van der Waals surface area contributed by atoms with Crippen LogP contribution in [0, 0.1) is 0 Å². The third-order valence-corrected chi connectivity index (χ3v) is 7.95. The summed E-state index contributed by atoms with van der Waals surface area (Å²) >= 11 is 0. The van der Waals surface area contributed by atoms with Crippen molar-refractivity contribution in [3.8, 4) is 5.75 Å².